The first-order valence-corrected chi connectivity index (χ1v) is 6.14. The third-order valence-corrected chi connectivity index (χ3v) is 3.04. The molecule has 0 bridgehead atoms. The summed E-state index contributed by atoms with van der Waals surface area (Å²) in [7, 11) is 0. The van der Waals surface area contributed by atoms with Crippen LogP contribution >= 0.6 is 0 Å². The Balaban J connectivity index is 2.00. The van der Waals surface area contributed by atoms with Gasteiger partial charge in [0.25, 0.3) is 11.2 Å². The Morgan fingerprint density at radius 3 is 2.38 bits per heavy atom. The maximum Gasteiger partial charge on any atom is 0.272 e. The molecule has 0 aliphatic rings. The second-order valence-corrected chi connectivity index (χ2v) is 4.38. The average Bonchev–Trinajstić information content (AvgIpc) is 2.51. The Morgan fingerprint density at radius 2 is 1.71 bits per heavy atom. The van der Waals surface area contributed by atoms with E-state index in [2.05, 4.69) is 15.5 Å². The van der Waals surface area contributed by atoms with E-state index in [4.69, 9.17) is 0 Å². The van der Waals surface area contributed by atoms with Gasteiger partial charge in [-0.2, -0.15) is 5.10 Å². The molecule has 7 nitrogen and oxygen atoms in total. The van der Waals surface area contributed by atoms with Gasteiger partial charge >= 0.3 is 0 Å². The molecule has 0 aliphatic carbocycles. The maximum absolute atomic E-state index is 11.7. The van der Waals surface area contributed by atoms with E-state index in [1.807, 2.05) is 6.07 Å². The van der Waals surface area contributed by atoms with Crippen LogP contribution < -0.4 is 10.9 Å². The van der Waals surface area contributed by atoms with Gasteiger partial charge in [0.15, 0.2) is 5.82 Å². The number of benzene rings is 2. The molecule has 0 unspecified atom stereocenters. The predicted octanol–water partition coefficient (Wildman–Crippen LogP) is 2.57. The van der Waals surface area contributed by atoms with Crippen LogP contribution in [0.3, 0.4) is 0 Å². The summed E-state index contributed by atoms with van der Waals surface area (Å²) in [5, 5.41) is 21.3. The molecule has 0 radical (unpaired) electrons. The van der Waals surface area contributed by atoms with E-state index in [1.165, 1.54) is 12.1 Å². The van der Waals surface area contributed by atoms with Gasteiger partial charge in [0.1, 0.15) is 0 Å². The van der Waals surface area contributed by atoms with E-state index in [0.717, 1.165) is 0 Å². The van der Waals surface area contributed by atoms with Crippen molar-refractivity contribution in [2.24, 2.45) is 0 Å². The zero-order valence-corrected chi connectivity index (χ0v) is 10.7. The molecular weight excluding hydrogens is 272 g/mol. The highest BCUT2D eigenvalue weighted by molar-refractivity contribution is 5.92. The van der Waals surface area contributed by atoms with Crippen molar-refractivity contribution in [1.82, 2.24) is 10.2 Å². The Morgan fingerprint density at radius 1 is 1.05 bits per heavy atom. The second-order valence-electron chi connectivity index (χ2n) is 4.38. The van der Waals surface area contributed by atoms with E-state index in [0.29, 0.717) is 22.3 Å². The molecule has 7 heteroatoms. The molecule has 1 aromatic heterocycles. The fourth-order valence-electron chi connectivity index (χ4n) is 2.01. The number of H-pyrrole nitrogens is 1. The topological polar surface area (TPSA) is 101 Å². The molecule has 0 saturated heterocycles. The number of hydrogen-bond acceptors (Lipinski definition) is 5. The summed E-state index contributed by atoms with van der Waals surface area (Å²) < 4.78 is 0. The molecular formula is C14H10N4O3. The number of nitro groups is 1. The Kier molecular flexibility index (Phi) is 3.07. The van der Waals surface area contributed by atoms with E-state index in [-0.39, 0.29) is 11.2 Å². The Bertz CT molecular complexity index is 871. The van der Waals surface area contributed by atoms with E-state index in [9.17, 15) is 14.9 Å². The molecule has 2 N–H and O–H groups in total. The van der Waals surface area contributed by atoms with Crippen LogP contribution in [0.1, 0.15) is 0 Å². The average molecular weight is 282 g/mol. The number of hydrogen-bond donors (Lipinski definition) is 2. The number of fused-ring (bicyclic) bond motifs is 1. The van der Waals surface area contributed by atoms with Crippen LogP contribution in [0.2, 0.25) is 0 Å². The summed E-state index contributed by atoms with van der Waals surface area (Å²) in [5.74, 6) is 0.485. The van der Waals surface area contributed by atoms with Gasteiger partial charge in [0.2, 0.25) is 0 Å². The number of aromatic amines is 1. The normalized spacial score (nSPS) is 10.5. The molecule has 3 aromatic rings. The summed E-state index contributed by atoms with van der Waals surface area (Å²) in [6, 6.07) is 13.0. The van der Waals surface area contributed by atoms with Crippen LogP contribution in [-0.4, -0.2) is 15.1 Å². The molecule has 104 valence electrons. The van der Waals surface area contributed by atoms with Crippen molar-refractivity contribution in [3.8, 4) is 0 Å². The highest BCUT2D eigenvalue weighted by Gasteiger charge is 2.08. The van der Waals surface area contributed by atoms with Crippen molar-refractivity contribution < 1.29 is 4.92 Å². The van der Waals surface area contributed by atoms with Gasteiger partial charge in [-0.05, 0) is 18.2 Å². The maximum atomic E-state index is 11.7. The van der Waals surface area contributed by atoms with Crippen LogP contribution in [0.25, 0.3) is 10.8 Å². The van der Waals surface area contributed by atoms with Crippen LogP contribution in [-0.2, 0) is 0 Å². The fraction of sp³-hybridized carbons (Fsp3) is 0. The number of nitro benzene ring substituents is 1. The zero-order chi connectivity index (χ0) is 14.8. The summed E-state index contributed by atoms with van der Waals surface area (Å²) in [6.07, 6.45) is 0. The van der Waals surface area contributed by atoms with Crippen LogP contribution in [0, 0.1) is 10.1 Å². The zero-order valence-electron chi connectivity index (χ0n) is 10.7. The highest BCUT2D eigenvalue weighted by Crippen LogP contribution is 2.23. The van der Waals surface area contributed by atoms with Crippen LogP contribution in [0.15, 0.2) is 53.3 Å². The molecule has 0 atom stereocenters. The van der Waals surface area contributed by atoms with Crippen molar-refractivity contribution in [3.05, 3.63) is 69.0 Å². The quantitative estimate of drug-likeness (QED) is 0.568. The minimum Gasteiger partial charge on any atom is -0.338 e. The molecule has 3 rings (SSSR count). The van der Waals surface area contributed by atoms with E-state index in [1.54, 1.807) is 30.3 Å². The minimum atomic E-state index is -0.461. The third kappa shape index (κ3) is 2.44. The monoisotopic (exact) mass is 282 g/mol. The number of rotatable bonds is 3. The minimum absolute atomic E-state index is 0.0137. The largest absolute Gasteiger partial charge is 0.338 e. The lowest BCUT2D eigenvalue weighted by Crippen LogP contribution is -2.10. The van der Waals surface area contributed by atoms with Crippen molar-refractivity contribution >= 4 is 28.0 Å². The first kappa shape index (κ1) is 12.8. The molecule has 1 heterocycles. The van der Waals surface area contributed by atoms with Crippen molar-refractivity contribution in [2.45, 2.75) is 0 Å². The van der Waals surface area contributed by atoms with Crippen molar-refractivity contribution in [2.75, 3.05) is 5.32 Å². The number of aromatic nitrogens is 2. The summed E-state index contributed by atoms with van der Waals surface area (Å²) in [4.78, 5) is 21.8. The first-order chi connectivity index (χ1) is 10.1. The SMILES string of the molecule is O=c1[nH]nc(Nc2ccc([N+](=O)[O-])cc2)c2ccccc12. The summed E-state index contributed by atoms with van der Waals surface area (Å²) in [5.41, 5.74) is 0.394. The van der Waals surface area contributed by atoms with Gasteiger partial charge in [-0.3, -0.25) is 14.9 Å². The third-order valence-electron chi connectivity index (χ3n) is 3.04. The molecule has 0 fully saturated rings. The van der Waals surface area contributed by atoms with Gasteiger partial charge in [0.05, 0.1) is 10.3 Å². The van der Waals surface area contributed by atoms with E-state index >= 15 is 0 Å². The Labute approximate surface area is 118 Å². The second kappa shape index (κ2) is 5.04. The smallest absolute Gasteiger partial charge is 0.272 e. The lowest BCUT2D eigenvalue weighted by Gasteiger charge is -2.07. The van der Waals surface area contributed by atoms with Gasteiger partial charge in [0, 0.05) is 23.2 Å². The number of nitrogens with one attached hydrogen (secondary N) is 2. The highest BCUT2D eigenvalue weighted by atomic mass is 16.6. The fourth-order valence-corrected chi connectivity index (χ4v) is 2.01. The molecule has 0 aliphatic heterocycles. The number of non-ortho nitro benzene ring substituents is 1. The summed E-state index contributed by atoms with van der Waals surface area (Å²) in [6.45, 7) is 0. The molecule has 0 amide bonds. The summed E-state index contributed by atoms with van der Waals surface area (Å²) >= 11 is 0. The molecule has 2 aromatic carbocycles. The Hall–Kier alpha value is -3.22. The standard InChI is InChI=1S/C14H10N4O3/c19-14-12-4-2-1-3-11(12)13(16-17-14)15-9-5-7-10(8-6-9)18(20)21/h1-8H,(H,15,16)(H,17,19). The predicted molar refractivity (Wildman–Crippen MR) is 78.7 cm³/mol. The molecule has 0 saturated carbocycles. The number of anilines is 2. The molecule has 0 spiro atoms. The van der Waals surface area contributed by atoms with Gasteiger partial charge in [-0.25, -0.2) is 5.10 Å². The van der Waals surface area contributed by atoms with Gasteiger partial charge in [-0.1, -0.05) is 18.2 Å². The lowest BCUT2D eigenvalue weighted by atomic mass is 10.2. The van der Waals surface area contributed by atoms with Gasteiger partial charge < -0.3 is 5.32 Å². The van der Waals surface area contributed by atoms with E-state index < -0.39 is 4.92 Å². The molecule has 21 heavy (non-hydrogen) atoms. The lowest BCUT2D eigenvalue weighted by molar-refractivity contribution is -0.384. The van der Waals surface area contributed by atoms with Crippen molar-refractivity contribution in [1.29, 1.82) is 0 Å². The number of nitrogens with zero attached hydrogens (tertiary/aromatic N) is 2. The van der Waals surface area contributed by atoms with Crippen LogP contribution in [0.5, 0.6) is 0 Å². The van der Waals surface area contributed by atoms with Crippen molar-refractivity contribution in [3.63, 3.8) is 0 Å². The first-order valence-electron chi connectivity index (χ1n) is 6.14. The van der Waals surface area contributed by atoms with Crippen LogP contribution in [0.4, 0.5) is 17.2 Å². The van der Waals surface area contributed by atoms with Gasteiger partial charge in [-0.15, -0.1) is 0 Å².